The summed E-state index contributed by atoms with van der Waals surface area (Å²) in [6, 6.07) is 14.7. The van der Waals surface area contributed by atoms with Crippen molar-refractivity contribution < 1.29 is 9.53 Å². The molecule has 3 rings (SSSR count). The van der Waals surface area contributed by atoms with Crippen LogP contribution >= 0.6 is 0 Å². The summed E-state index contributed by atoms with van der Waals surface area (Å²) in [6.45, 7) is 5.14. The number of aryl methyl sites for hydroxylation is 1. The van der Waals surface area contributed by atoms with E-state index < -0.39 is 5.91 Å². The van der Waals surface area contributed by atoms with Crippen LogP contribution in [0.3, 0.4) is 0 Å². The number of amides is 1. The Morgan fingerprint density at radius 2 is 1.92 bits per heavy atom. The minimum absolute atomic E-state index is 0.421. The Kier molecular flexibility index (Phi) is 5.78. The summed E-state index contributed by atoms with van der Waals surface area (Å²) in [7, 11) is 1.56. The summed E-state index contributed by atoms with van der Waals surface area (Å²) in [4.78, 5) is 14.0. The van der Waals surface area contributed by atoms with Crippen molar-refractivity contribution in [3.8, 4) is 5.75 Å². The molecule has 0 aliphatic carbocycles. The molecule has 1 amide bonds. The number of methoxy groups -OCH3 is 1. The lowest BCUT2D eigenvalue weighted by Crippen LogP contribution is -2.38. The number of carbonyl (C=O) groups excluding carboxylic acids is 1. The fourth-order valence-electron chi connectivity index (χ4n) is 3.50. The second-order valence-corrected chi connectivity index (χ2v) is 6.91. The van der Waals surface area contributed by atoms with Crippen LogP contribution in [0, 0.1) is 6.92 Å². The van der Waals surface area contributed by atoms with E-state index in [1.54, 1.807) is 13.2 Å². The Bertz CT molecular complexity index is 753. The van der Waals surface area contributed by atoms with Gasteiger partial charge < -0.3 is 15.8 Å². The van der Waals surface area contributed by atoms with Gasteiger partial charge in [0.2, 0.25) is 0 Å². The van der Waals surface area contributed by atoms with Crippen molar-refractivity contribution in [2.75, 3.05) is 25.5 Å². The minimum Gasteiger partial charge on any atom is -0.496 e. The zero-order chi connectivity index (χ0) is 18.5. The van der Waals surface area contributed by atoms with E-state index in [9.17, 15) is 4.79 Å². The van der Waals surface area contributed by atoms with Crippen molar-refractivity contribution in [2.45, 2.75) is 32.4 Å². The summed E-state index contributed by atoms with van der Waals surface area (Å²) in [5, 5.41) is 3.62. The first kappa shape index (κ1) is 18.3. The summed E-state index contributed by atoms with van der Waals surface area (Å²) in [5.74, 6) is 0.0535. The van der Waals surface area contributed by atoms with Crippen LogP contribution in [-0.4, -0.2) is 37.0 Å². The van der Waals surface area contributed by atoms with Gasteiger partial charge in [-0.15, -0.1) is 0 Å². The second kappa shape index (κ2) is 8.23. The maximum absolute atomic E-state index is 11.5. The number of nitrogens with one attached hydrogen (secondary N) is 1. The molecule has 138 valence electrons. The molecule has 0 atom stereocenters. The molecule has 0 radical (unpaired) electrons. The molecule has 0 bridgehead atoms. The Morgan fingerprint density at radius 3 is 2.54 bits per heavy atom. The number of hydrogen-bond donors (Lipinski definition) is 2. The third-order valence-electron chi connectivity index (χ3n) is 5.01. The SMILES string of the molecule is COc1cc(NC2CCN(Cc3ccccc3)CC2)c(C)cc1C(N)=O. The van der Waals surface area contributed by atoms with Gasteiger partial charge in [0, 0.05) is 37.4 Å². The predicted octanol–water partition coefficient (Wildman–Crippen LogP) is 3.18. The Hall–Kier alpha value is -2.53. The van der Waals surface area contributed by atoms with E-state index in [-0.39, 0.29) is 0 Å². The number of nitrogens with two attached hydrogens (primary N) is 1. The third-order valence-corrected chi connectivity index (χ3v) is 5.01. The molecular formula is C21H27N3O2. The summed E-state index contributed by atoms with van der Waals surface area (Å²) in [5.41, 5.74) is 9.23. The van der Waals surface area contributed by atoms with E-state index in [1.165, 1.54) is 5.56 Å². The first-order chi connectivity index (χ1) is 12.6. The van der Waals surface area contributed by atoms with Gasteiger partial charge in [0.25, 0.3) is 5.91 Å². The first-order valence-corrected chi connectivity index (χ1v) is 9.08. The molecule has 26 heavy (non-hydrogen) atoms. The molecule has 1 aliphatic heterocycles. The lowest BCUT2D eigenvalue weighted by Gasteiger charge is -2.33. The normalized spacial score (nSPS) is 15.6. The number of hydrogen-bond acceptors (Lipinski definition) is 4. The molecule has 1 heterocycles. The van der Waals surface area contributed by atoms with Crippen molar-refractivity contribution in [1.29, 1.82) is 0 Å². The van der Waals surface area contributed by atoms with Crippen LogP contribution in [0.2, 0.25) is 0 Å². The fourth-order valence-corrected chi connectivity index (χ4v) is 3.50. The number of likely N-dealkylation sites (tertiary alicyclic amines) is 1. The van der Waals surface area contributed by atoms with Crippen LogP contribution in [-0.2, 0) is 6.54 Å². The van der Waals surface area contributed by atoms with Crippen LogP contribution in [0.1, 0.15) is 34.3 Å². The lowest BCUT2D eigenvalue weighted by atomic mass is 10.0. The number of rotatable bonds is 6. The first-order valence-electron chi connectivity index (χ1n) is 9.08. The quantitative estimate of drug-likeness (QED) is 0.837. The van der Waals surface area contributed by atoms with E-state index in [2.05, 4.69) is 40.5 Å². The number of ether oxygens (including phenoxy) is 1. The van der Waals surface area contributed by atoms with Crippen LogP contribution in [0.4, 0.5) is 5.69 Å². The number of anilines is 1. The van der Waals surface area contributed by atoms with Crippen molar-refractivity contribution >= 4 is 11.6 Å². The summed E-state index contributed by atoms with van der Waals surface area (Å²) in [6.07, 6.45) is 2.18. The zero-order valence-electron chi connectivity index (χ0n) is 15.5. The van der Waals surface area contributed by atoms with Gasteiger partial charge in [-0.05, 0) is 37.0 Å². The smallest absolute Gasteiger partial charge is 0.252 e. The molecule has 1 fully saturated rings. The second-order valence-electron chi connectivity index (χ2n) is 6.91. The van der Waals surface area contributed by atoms with Crippen LogP contribution < -0.4 is 15.8 Å². The van der Waals surface area contributed by atoms with Crippen molar-refractivity contribution in [3.63, 3.8) is 0 Å². The van der Waals surface area contributed by atoms with E-state index in [4.69, 9.17) is 10.5 Å². The molecule has 0 spiro atoms. The topological polar surface area (TPSA) is 67.6 Å². The van der Waals surface area contributed by atoms with Gasteiger partial charge >= 0.3 is 0 Å². The van der Waals surface area contributed by atoms with Crippen LogP contribution in [0.25, 0.3) is 0 Å². The highest BCUT2D eigenvalue weighted by atomic mass is 16.5. The predicted molar refractivity (Wildman–Crippen MR) is 105 cm³/mol. The molecular weight excluding hydrogens is 326 g/mol. The Balaban J connectivity index is 1.60. The van der Waals surface area contributed by atoms with Gasteiger partial charge in [-0.3, -0.25) is 9.69 Å². The zero-order valence-corrected chi connectivity index (χ0v) is 15.5. The maximum atomic E-state index is 11.5. The van der Waals surface area contributed by atoms with Crippen molar-refractivity contribution in [2.24, 2.45) is 5.73 Å². The van der Waals surface area contributed by atoms with Gasteiger partial charge in [-0.2, -0.15) is 0 Å². The summed E-state index contributed by atoms with van der Waals surface area (Å²) >= 11 is 0. The molecule has 2 aromatic rings. The molecule has 5 heteroatoms. The highest BCUT2D eigenvalue weighted by Crippen LogP contribution is 2.28. The highest BCUT2D eigenvalue weighted by Gasteiger charge is 2.20. The van der Waals surface area contributed by atoms with Gasteiger partial charge in [0.15, 0.2) is 0 Å². The molecule has 0 unspecified atom stereocenters. The third kappa shape index (κ3) is 4.35. The molecule has 2 aromatic carbocycles. The Labute approximate surface area is 155 Å². The number of piperidine rings is 1. The minimum atomic E-state index is -0.467. The van der Waals surface area contributed by atoms with E-state index in [1.807, 2.05) is 13.0 Å². The fraction of sp³-hybridized carbons (Fsp3) is 0.381. The van der Waals surface area contributed by atoms with Crippen LogP contribution in [0.15, 0.2) is 42.5 Å². The lowest BCUT2D eigenvalue weighted by molar-refractivity contribution is 0.0997. The molecule has 3 N–H and O–H groups in total. The van der Waals surface area contributed by atoms with Gasteiger partial charge in [0.05, 0.1) is 12.7 Å². The molecule has 0 aromatic heterocycles. The average molecular weight is 353 g/mol. The standard InChI is InChI=1S/C21H27N3O2/c1-15-12-18(21(22)25)20(26-2)13-19(15)23-17-8-10-24(11-9-17)14-16-6-4-3-5-7-16/h3-7,12-13,17,23H,8-11,14H2,1-2H3,(H2,22,25). The number of carbonyl (C=O) groups is 1. The van der Waals surface area contributed by atoms with Gasteiger partial charge in [0.1, 0.15) is 5.75 Å². The maximum Gasteiger partial charge on any atom is 0.252 e. The van der Waals surface area contributed by atoms with Crippen LogP contribution in [0.5, 0.6) is 5.75 Å². The largest absolute Gasteiger partial charge is 0.496 e. The average Bonchev–Trinajstić information content (AvgIpc) is 2.65. The van der Waals surface area contributed by atoms with Crippen molar-refractivity contribution in [1.82, 2.24) is 4.90 Å². The van der Waals surface area contributed by atoms with Gasteiger partial charge in [-0.1, -0.05) is 30.3 Å². The van der Waals surface area contributed by atoms with E-state index in [0.29, 0.717) is 17.4 Å². The van der Waals surface area contributed by atoms with E-state index in [0.717, 1.165) is 43.7 Å². The molecule has 1 saturated heterocycles. The molecule has 1 aliphatic rings. The Morgan fingerprint density at radius 1 is 1.23 bits per heavy atom. The van der Waals surface area contributed by atoms with Gasteiger partial charge in [-0.25, -0.2) is 0 Å². The highest BCUT2D eigenvalue weighted by molar-refractivity contribution is 5.96. The monoisotopic (exact) mass is 353 g/mol. The number of nitrogens with zero attached hydrogens (tertiary/aromatic N) is 1. The summed E-state index contributed by atoms with van der Waals surface area (Å²) < 4.78 is 5.33. The van der Waals surface area contributed by atoms with Crippen molar-refractivity contribution in [3.05, 3.63) is 59.2 Å². The van der Waals surface area contributed by atoms with E-state index >= 15 is 0 Å². The molecule has 5 nitrogen and oxygen atoms in total. The number of primary amides is 1. The molecule has 0 saturated carbocycles. The number of benzene rings is 2.